The summed E-state index contributed by atoms with van der Waals surface area (Å²) in [5.41, 5.74) is 0. The molecule has 6 heteroatoms. The smallest absolute Gasteiger partial charge is 0.309 e. The van der Waals surface area contributed by atoms with Crippen LogP contribution in [0.2, 0.25) is 0 Å². The fraction of sp³-hybridized carbons (Fsp3) is 0.721. The van der Waals surface area contributed by atoms with Crippen LogP contribution in [0.25, 0.3) is 0 Å². The summed E-state index contributed by atoms with van der Waals surface area (Å²) in [4.78, 5) is 38.2. The number of rotatable bonds is 56. The first kappa shape index (κ1) is 70.3. The molecule has 74 heavy (non-hydrogen) atoms. The van der Waals surface area contributed by atoms with E-state index in [-0.39, 0.29) is 31.6 Å². The first-order valence-electron chi connectivity index (χ1n) is 31.2. The number of allylic oxidation sites excluding steroid dienone is 15. The molecule has 1 atom stereocenters. The molecule has 0 heterocycles. The van der Waals surface area contributed by atoms with Crippen molar-refractivity contribution in [2.24, 2.45) is 0 Å². The van der Waals surface area contributed by atoms with Crippen molar-refractivity contribution in [3.8, 4) is 0 Å². The average molecular weight is 1030 g/mol. The van der Waals surface area contributed by atoms with Crippen LogP contribution in [-0.4, -0.2) is 37.2 Å². The van der Waals surface area contributed by atoms with E-state index in [9.17, 15) is 14.4 Å². The van der Waals surface area contributed by atoms with E-state index in [2.05, 4.69) is 106 Å². The maximum absolute atomic E-state index is 12.9. The number of unbranched alkanes of at least 4 members (excludes halogenated alkanes) is 30. The Morgan fingerprint density at radius 3 is 0.946 bits per heavy atom. The van der Waals surface area contributed by atoms with E-state index in [1.807, 2.05) is 6.08 Å². The Morgan fingerprint density at radius 2 is 0.581 bits per heavy atom. The van der Waals surface area contributed by atoms with Crippen molar-refractivity contribution >= 4 is 17.9 Å². The maximum Gasteiger partial charge on any atom is 0.309 e. The predicted molar refractivity (Wildman–Crippen MR) is 320 cm³/mol. The van der Waals surface area contributed by atoms with Gasteiger partial charge >= 0.3 is 17.9 Å². The zero-order valence-corrected chi connectivity index (χ0v) is 48.6. The SMILES string of the molecule is CC/C=C\C/C=C\C/C=C\C/C=C\C/C=C\CC(=O)OCC(COC(=O)CCCCCCCC/C=C\C/C=C\C/C=C\CCCCCCC)OC(=O)CCCCCCCCCCCCCCCCCCCCCC. The van der Waals surface area contributed by atoms with Gasteiger partial charge < -0.3 is 14.2 Å². The average Bonchev–Trinajstić information content (AvgIpc) is 3.40. The van der Waals surface area contributed by atoms with Crippen molar-refractivity contribution in [1.29, 1.82) is 0 Å². The van der Waals surface area contributed by atoms with Crippen molar-refractivity contribution in [1.82, 2.24) is 0 Å². The van der Waals surface area contributed by atoms with Crippen molar-refractivity contribution in [2.45, 2.75) is 303 Å². The standard InChI is InChI=1S/C68H116O6/c1-4-7-10-13-16-19-22-25-28-30-32-34-36-37-40-43-46-49-52-55-58-61-67(70)73-64-65(63-72-66(69)60-57-54-51-48-45-42-39-27-24-21-18-15-12-9-6-3)74-68(71)62-59-56-53-50-47-44-41-38-35-33-31-29-26-23-20-17-14-11-8-5-2/h9,12,18,21-22,25,27,30,32,36-37,39,45,48,54,57,65H,4-8,10-11,13-17,19-20,23-24,26,28-29,31,33-35,38,40-44,46-47,49-53,55-56,58-64H2,1-3H3/b12-9-,21-18-,25-22-,32-30-,37-36-,39-27-,48-45-,57-54-. The van der Waals surface area contributed by atoms with Crippen LogP contribution < -0.4 is 0 Å². The van der Waals surface area contributed by atoms with Crippen LogP contribution in [-0.2, 0) is 28.6 Å². The molecule has 6 nitrogen and oxygen atoms in total. The second kappa shape index (κ2) is 61.9. The molecule has 0 saturated carbocycles. The molecule has 0 amide bonds. The number of hydrogen-bond donors (Lipinski definition) is 0. The van der Waals surface area contributed by atoms with Crippen molar-refractivity contribution in [2.75, 3.05) is 13.2 Å². The normalized spacial score (nSPS) is 12.7. The minimum Gasteiger partial charge on any atom is -0.462 e. The molecule has 1 unspecified atom stereocenters. The lowest BCUT2D eigenvalue weighted by Crippen LogP contribution is -2.30. The summed E-state index contributed by atoms with van der Waals surface area (Å²) in [7, 11) is 0. The molecule has 0 aliphatic heterocycles. The van der Waals surface area contributed by atoms with Gasteiger partial charge in [0, 0.05) is 12.8 Å². The topological polar surface area (TPSA) is 78.9 Å². The third-order valence-electron chi connectivity index (χ3n) is 13.4. The molecule has 0 aromatic heterocycles. The molecular weight excluding hydrogens is 913 g/mol. The Balaban J connectivity index is 4.46. The minimum atomic E-state index is -0.823. The molecule has 0 aromatic carbocycles. The van der Waals surface area contributed by atoms with Crippen molar-refractivity contribution in [3.05, 3.63) is 97.2 Å². The molecule has 0 radical (unpaired) electrons. The van der Waals surface area contributed by atoms with Crippen molar-refractivity contribution in [3.63, 3.8) is 0 Å². The third kappa shape index (κ3) is 59.2. The fourth-order valence-corrected chi connectivity index (χ4v) is 8.70. The summed E-state index contributed by atoms with van der Waals surface area (Å²) in [6.07, 6.45) is 82.9. The van der Waals surface area contributed by atoms with E-state index in [1.165, 1.54) is 161 Å². The van der Waals surface area contributed by atoms with E-state index >= 15 is 0 Å². The minimum absolute atomic E-state index is 0.113. The lowest BCUT2D eigenvalue weighted by atomic mass is 10.0. The number of hydrogen-bond acceptors (Lipinski definition) is 6. The quantitative estimate of drug-likeness (QED) is 0.0261. The van der Waals surface area contributed by atoms with Crippen LogP contribution in [0.3, 0.4) is 0 Å². The van der Waals surface area contributed by atoms with Gasteiger partial charge in [0.25, 0.3) is 0 Å². The van der Waals surface area contributed by atoms with Gasteiger partial charge in [0.1, 0.15) is 13.2 Å². The summed E-state index contributed by atoms with van der Waals surface area (Å²) in [6.45, 7) is 6.45. The van der Waals surface area contributed by atoms with Crippen LogP contribution in [0.15, 0.2) is 97.2 Å². The highest BCUT2D eigenvalue weighted by Gasteiger charge is 2.19. The lowest BCUT2D eigenvalue weighted by Gasteiger charge is -2.18. The second-order valence-electron chi connectivity index (χ2n) is 20.6. The van der Waals surface area contributed by atoms with Gasteiger partial charge in [-0.25, -0.2) is 0 Å². The van der Waals surface area contributed by atoms with Gasteiger partial charge in [-0.15, -0.1) is 0 Å². The van der Waals surface area contributed by atoms with Gasteiger partial charge in [-0.05, 0) is 83.5 Å². The molecule has 0 N–H and O–H groups in total. The summed E-state index contributed by atoms with van der Waals surface area (Å²) < 4.78 is 16.8. The van der Waals surface area contributed by atoms with Gasteiger partial charge in [-0.2, -0.15) is 0 Å². The first-order valence-corrected chi connectivity index (χ1v) is 31.2. The van der Waals surface area contributed by atoms with Gasteiger partial charge in [0.05, 0.1) is 6.42 Å². The predicted octanol–water partition coefficient (Wildman–Crippen LogP) is 21.3. The Morgan fingerprint density at radius 1 is 0.297 bits per heavy atom. The summed E-state index contributed by atoms with van der Waals surface area (Å²) in [5.74, 6) is -1.05. The van der Waals surface area contributed by atoms with Crippen LogP contribution in [0.4, 0.5) is 0 Å². The highest BCUT2D eigenvalue weighted by atomic mass is 16.6. The second-order valence-corrected chi connectivity index (χ2v) is 20.6. The first-order chi connectivity index (χ1) is 36.5. The summed E-state index contributed by atoms with van der Waals surface area (Å²) in [5, 5.41) is 0. The zero-order valence-electron chi connectivity index (χ0n) is 48.6. The van der Waals surface area contributed by atoms with E-state index in [0.29, 0.717) is 12.8 Å². The number of esters is 3. The largest absolute Gasteiger partial charge is 0.462 e. The monoisotopic (exact) mass is 1030 g/mol. The van der Waals surface area contributed by atoms with Crippen molar-refractivity contribution < 1.29 is 28.6 Å². The molecule has 0 aliphatic carbocycles. The molecule has 0 saturated heterocycles. The Labute approximate surface area is 457 Å². The molecular formula is C68H116O6. The van der Waals surface area contributed by atoms with Crippen LogP contribution in [0.1, 0.15) is 297 Å². The zero-order chi connectivity index (χ0) is 53.6. The fourth-order valence-electron chi connectivity index (χ4n) is 8.70. The molecule has 0 fully saturated rings. The summed E-state index contributed by atoms with van der Waals surface area (Å²) >= 11 is 0. The van der Waals surface area contributed by atoms with Crippen LogP contribution >= 0.6 is 0 Å². The lowest BCUT2D eigenvalue weighted by molar-refractivity contribution is -0.166. The van der Waals surface area contributed by atoms with E-state index in [4.69, 9.17) is 14.2 Å². The van der Waals surface area contributed by atoms with Crippen LogP contribution in [0, 0.1) is 0 Å². The molecule has 0 aliphatic rings. The molecule has 424 valence electrons. The molecule has 0 rings (SSSR count). The Hall–Kier alpha value is -3.67. The van der Waals surface area contributed by atoms with Crippen LogP contribution in [0.5, 0.6) is 0 Å². The highest BCUT2D eigenvalue weighted by molar-refractivity contribution is 5.72. The number of carbonyl (C=O) groups excluding carboxylic acids is 3. The van der Waals surface area contributed by atoms with E-state index in [1.54, 1.807) is 6.08 Å². The molecule has 0 bridgehead atoms. The van der Waals surface area contributed by atoms with E-state index in [0.717, 1.165) is 96.3 Å². The Bertz CT molecular complexity index is 1460. The molecule has 0 spiro atoms. The summed E-state index contributed by atoms with van der Waals surface area (Å²) in [6, 6.07) is 0. The van der Waals surface area contributed by atoms with Gasteiger partial charge in [-0.3, -0.25) is 14.4 Å². The maximum atomic E-state index is 12.9. The highest BCUT2D eigenvalue weighted by Crippen LogP contribution is 2.16. The number of carbonyl (C=O) groups is 3. The van der Waals surface area contributed by atoms with Gasteiger partial charge in [0.2, 0.25) is 0 Å². The number of ether oxygens (including phenoxy) is 3. The Kier molecular flexibility index (Phi) is 58.8. The third-order valence-corrected chi connectivity index (χ3v) is 13.4. The van der Waals surface area contributed by atoms with Gasteiger partial charge in [0.15, 0.2) is 6.10 Å². The van der Waals surface area contributed by atoms with E-state index < -0.39 is 12.1 Å². The molecule has 0 aromatic rings. The van der Waals surface area contributed by atoms with Gasteiger partial charge in [-0.1, -0.05) is 291 Å².